The van der Waals surface area contributed by atoms with E-state index in [4.69, 9.17) is 4.74 Å². The van der Waals surface area contributed by atoms with Gasteiger partial charge in [-0.05, 0) is 48.8 Å². The predicted octanol–water partition coefficient (Wildman–Crippen LogP) is 4.28. The minimum absolute atomic E-state index is 0.103. The van der Waals surface area contributed by atoms with Gasteiger partial charge in [0.2, 0.25) is 0 Å². The van der Waals surface area contributed by atoms with Gasteiger partial charge in [-0.25, -0.2) is 14.2 Å². The van der Waals surface area contributed by atoms with Crippen molar-refractivity contribution in [1.29, 1.82) is 0 Å². The molecule has 4 nitrogen and oxygen atoms in total. The van der Waals surface area contributed by atoms with Crippen molar-refractivity contribution in [2.75, 3.05) is 12.3 Å². The summed E-state index contributed by atoms with van der Waals surface area (Å²) in [6.07, 6.45) is -1.09. The van der Waals surface area contributed by atoms with Crippen LogP contribution in [-0.4, -0.2) is 46.1 Å². The van der Waals surface area contributed by atoms with Gasteiger partial charge in [-0.2, -0.15) is 0 Å². The van der Waals surface area contributed by atoms with Gasteiger partial charge in [-0.15, -0.1) is 11.8 Å². The number of nitrogens with zero attached hydrogens (tertiary/aromatic N) is 2. The minimum atomic E-state index is -0.992. The van der Waals surface area contributed by atoms with Gasteiger partial charge in [0.15, 0.2) is 0 Å². The average Bonchev–Trinajstić information content (AvgIpc) is 2.76. The number of hydrogen-bond donors (Lipinski definition) is 0. The van der Waals surface area contributed by atoms with Gasteiger partial charge in [-0.1, -0.05) is 6.07 Å². The molecule has 2 rings (SSSR count). The number of aromatic nitrogens is 1. The van der Waals surface area contributed by atoms with E-state index < -0.39 is 17.9 Å². The molecule has 0 N–H and O–H groups in total. The summed E-state index contributed by atoms with van der Waals surface area (Å²) in [7, 11) is 0. The molecule has 2 heterocycles. The molecule has 22 heavy (non-hydrogen) atoms. The lowest BCUT2D eigenvalue weighted by Gasteiger charge is -2.28. The molecule has 1 aliphatic heterocycles. The van der Waals surface area contributed by atoms with E-state index in [2.05, 4.69) is 20.9 Å². The molecule has 1 saturated heterocycles. The fraction of sp³-hybridized carbons (Fsp3) is 0.600. The molecule has 122 valence electrons. The minimum Gasteiger partial charge on any atom is -0.444 e. The molecular weight excluding hydrogens is 371 g/mol. The Labute approximate surface area is 142 Å². The van der Waals surface area contributed by atoms with Gasteiger partial charge in [0.1, 0.15) is 16.4 Å². The summed E-state index contributed by atoms with van der Waals surface area (Å²) in [4.78, 5) is 18.0. The SMILES string of the molecule is CC(C)(C)OC(=O)N1C[C@H](F)C[C@H]1CSc1cccc(Br)n1. The smallest absolute Gasteiger partial charge is 0.410 e. The summed E-state index contributed by atoms with van der Waals surface area (Å²) in [5, 5.41) is 0.848. The lowest BCUT2D eigenvalue weighted by atomic mass is 10.2. The van der Waals surface area contributed by atoms with E-state index >= 15 is 0 Å². The van der Waals surface area contributed by atoms with Crippen molar-refractivity contribution in [2.24, 2.45) is 0 Å². The Kier molecular flexibility index (Phi) is 5.71. The third-order valence-corrected chi connectivity index (χ3v) is 4.62. The highest BCUT2D eigenvalue weighted by molar-refractivity contribution is 9.10. The van der Waals surface area contributed by atoms with E-state index in [1.807, 2.05) is 39.0 Å². The van der Waals surface area contributed by atoms with Crippen molar-refractivity contribution in [1.82, 2.24) is 9.88 Å². The first-order chi connectivity index (χ1) is 10.2. The maximum absolute atomic E-state index is 13.7. The van der Waals surface area contributed by atoms with Crippen LogP contribution >= 0.6 is 27.7 Å². The molecule has 7 heteroatoms. The standard InChI is InChI=1S/C15H20BrFN2O2S/c1-15(2,3)21-14(20)19-8-10(17)7-11(19)9-22-13-6-4-5-12(16)18-13/h4-6,10-11H,7-9H2,1-3H3/t10-,11+/m1/s1. The Bertz CT molecular complexity index is 539. The quantitative estimate of drug-likeness (QED) is 0.570. The van der Waals surface area contributed by atoms with Crippen molar-refractivity contribution in [3.05, 3.63) is 22.8 Å². The lowest BCUT2D eigenvalue weighted by Crippen LogP contribution is -2.41. The van der Waals surface area contributed by atoms with Crippen LogP contribution in [0.5, 0.6) is 0 Å². The molecule has 2 atom stereocenters. The molecule has 0 saturated carbocycles. The third kappa shape index (κ3) is 5.12. The molecule has 1 aliphatic rings. The maximum atomic E-state index is 13.7. The summed E-state index contributed by atoms with van der Waals surface area (Å²) >= 11 is 4.84. The van der Waals surface area contributed by atoms with E-state index in [9.17, 15) is 9.18 Å². The molecule has 0 aromatic carbocycles. The zero-order valence-corrected chi connectivity index (χ0v) is 15.3. The molecule has 1 aromatic rings. The monoisotopic (exact) mass is 390 g/mol. The number of hydrogen-bond acceptors (Lipinski definition) is 4. The Morgan fingerprint density at radius 2 is 2.27 bits per heavy atom. The second-order valence-corrected chi connectivity index (χ2v) is 8.08. The highest BCUT2D eigenvalue weighted by Gasteiger charge is 2.37. The van der Waals surface area contributed by atoms with Crippen LogP contribution in [0.1, 0.15) is 27.2 Å². The fourth-order valence-electron chi connectivity index (χ4n) is 2.21. The topological polar surface area (TPSA) is 42.4 Å². The lowest BCUT2D eigenvalue weighted by molar-refractivity contribution is 0.0233. The van der Waals surface area contributed by atoms with E-state index in [1.54, 1.807) is 0 Å². The number of carbonyl (C=O) groups excluding carboxylic acids is 1. The number of amides is 1. The molecule has 0 aliphatic carbocycles. The van der Waals surface area contributed by atoms with Crippen molar-refractivity contribution >= 4 is 33.8 Å². The predicted molar refractivity (Wildman–Crippen MR) is 88.9 cm³/mol. The van der Waals surface area contributed by atoms with Crippen molar-refractivity contribution in [3.8, 4) is 0 Å². The van der Waals surface area contributed by atoms with Crippen LogP contribution in [0.25, 0.3) is 0 Å². The first-order valence-corrected chi connectivity index (χ1v) is 8.91. The van der Waals surface area contributed by atoms with Crippen LogP contribution in [0.15, 0.2) is 27.8 Å². The van der Waals surface area contributed by atoms with E-state index in [1.165, 1.54) is 16.7 Å². The molecule has 0 unspecified atom stereocenters. The number of halogens is 2. The van der Waals surface area contributed by atoms with Crippen LogP contribution < -0.4 is 0 Å². The zero-order valence-electron chi connectivity index (χ0n) is 12.9. The van der Waals surface area contributed by atoms with Gasteiger partial charge in [-0.3, -0.25) is 0 Å². The molecular formula is C15H20BrFN2O2S. The van der Waals surface area contributed by atoms with Crippen LogP contribution in [-0.2, 0) is 4.74 Å². The number of ether oxygens (including phenoxy) is 1. The molecule has 0 radical (unpaired) electrons. The van der Waals surface area contributed by atoms with Crippen molar-refractivity contribution in [2.45, 2.75) is 50.0 Å². The summed E-state index contributed by atoms with van der Waals surface area (Å²) in [5.41, 5.74) is -0.574. The highest BCUT2D eigenvalue weighted by Crippen LogP contribution is 2.28. The molecule has 0 spiro atoms. The van der Waals surface area contributed by atoms with Crippen LogP contribution in [0.4, 0.5) is 9.18 Å². The Morgan fingerprint density at radius 1 is 1.55 bits per heavy atom. The number of thioether (sulfide) groups is 1. The third-order valence-electron chi connectivity index (χ3n) is 3.10. The first-order valence-electron chi connectivity index (χ1n) is 7.13. The fourth-order valence-corrected chi connectivity index (χ4v) is 3.69. The van der Waals surface area contributed by atoms with Crippen LogP contribution in [0.2, 0.25) is 0 Å². The normalized spacial score (nSPS) is 22.0. The number of likely N-dealkylation sites (tertiary alicyclic amines) is 1. The van der Waals surface area contributed by atoms with Gasteiger partial charge in [0, 0.05) is 18.2 Å². The average molecular weight is 391 g/mol. The molecule has 1 fully saturated rings. The first kappa shape index (κ1) is 17.5. The summed E-state index contributed by atoms with van der Waals surface area (Å²) < 4.78 is 19.8. The van der Waals surface area contributed by atoms with Crippen LogP contribution in [0.3, 0.4) is 0 Å². The summed E-state index contributed by atoms with van der Waals surface area (Å²) in [6, 6.07) is 5.48. The van der Waals surface area contributed by atoms with E-state index in [0.717, 1.165) is 9.63 Å². The van der Waals surface area contributed by atoms with Crippen molar-refractivity contribution < 1.29 is 13.9 Å². The summed E-state index contributed by atoms with van der Waals surface area (Å²) in [6.45, 7) is 5.53. The van der Waals surface area contributed by atoms with Gasteiger partial charge < -0.3 is 9.64 Å². The highest BCUT2D eigenvalue weighted by atomic mass is 79.9. The van der Waals surface area contributed by atoms with Gasteiger partial charge in [0.25, 0.3) is 0 Å². The molecule has 1 aromatic heterocycles. The Hall–Kier alpha value is -0.820. The summed E-state index contributed by atoms with van der Waals surface area (Å²) in [5.74, 6) is 0.600. The molecule has 0 bridgehead atoms. The Balaban J connectivity index is 1.97. The maximum Gasteiger partial charge on any atom is 0.410 e. The molecule has 1 amide bonds. The largest absolute Gasteiger partial charge is 0.444 e. The second kappa shape index (κ2) is 7.17. The second-order valence-electron chi connectivity index (χ2n) is 6.23. The zero-order chi connectivity index (χ0) is 16.3. The van der Waals surface area contributed by atoms with E-state index in [0.29, 0.717) is 12.2 Å². The van der Waals surface area contributed by atoms with Gasteiger partial charge in [0.05, 0.1) is 11.6 Å². The number of rotatable bonds is 3. The van der Waals surface area contributed by atoms with E-state index in [-0.39, 0.29) is 12.6 Å². The van der Waals surface area contributed by atoms with Crippen molar-refractivity contribution in [3.63, 3.8) is 0 Å². The van der Waals surface area contributed by atoms with Gasteiger partial charge >= 0.3 is 6.09 Å². The van der Waals surface area contributed by atoms with Crippen LogP contribution in [0, 0.1) is 0 Å². The number of pyridine rings is 1. The number of carbonyl (C=O) groups is 1. The number of alkyl halides is 1. The Morgan fingerprint density at radius 3 is 2.91 bits per heavy atom.